The number of hydrogen-bond acceptors (Lipinski definition) is 4. The molecule has 1 aromatic rings. The molecule has 6 heteroatoms. The van der Waals surface area contributed by atoms with Crippen LogP contribution in [0.1, 0.15) is 31.5 Å². The van der Waals surface area contributed by atoms with Crippen LogP contribution in [-0.4, -0.2) is 36.2 Å². The summed E-state index contributed by atoms with van der Waals surface area (Å²) in [6.07, 6.45) is 2.81. The molecular weight excluding hydrogens is 218 g/mol. The van der Waals surface area contributed by atoms with Crippen LogP contribution < -0.4 is 10.6 Å². The Morgan fingerprint density at radius 1 is 1.35 bits per heavy atom. The van der Waals surface area contributed by atoms with Gasteiger partial charge >= 0.3 is 0 Å². The summed E-state index contributed by atoms with van der Waals surface area (Å²) in [6, 6.07) is 0. The van der Waals surface area contributed by atoms with Crippen molar-refractivity contribution in [2.45, 2.75) is 33.1 Å². The molecule has 96 valence electrons. The molecule has 0 unspecified atom stereocenters. The molecule has 17 heavy (non-hydrogen) atoms. The molecule has 0 radical (unpaired) electrons. The van der Waals surface area contributed by atoms with E-state index in [-0.39, 0.29) is 0 Å². The van der Waals surface area contributed by atoms with Gasteiger partial charge in [-0.25, -0.2) is 0 Å². The van der Waals surface area contributed by atoms with Crippen molar-refractivity contribution in [2.24, 2.45) is 4.99 Å². The van der Waals surface area contributed by atoms with Gasteiger partial charge in [0, 0.05) is 26.6 Å². The lowest BCUT2D eigenvalue weighted by Gasteiger charge is -2.10. The molecule has 0 aromatic carbocycles. The smallest absolute Gasteiger partial charge is 0.226 e. The highest BCUT2D eigenvalue weighted by Crippen LogP contribution is 1.98. The topological polar surface area (TPSA) is 75.3 Å². The highest BCUT2D eigenvalue weighted by molar-refractivity contribution is 5.79. The van der Waals surface area contributed by atoms with Gasteiger partial charge in [0.2, 0.25) is 5.89 Å². The summed E-state index contributed by atoms with van der Waals surface area (Å²) in [5.41, 5.74) is 0. The number of hydrogen-bond donors (Lipinski definition) is 2. The fraction of sp³-hybridized carbons (Fsp3) is 0.727. The molecule has 6 nitrogen and oxygen atoms in total. The van der Waals surface area contributed by atoms with Gasteiger partial charge in [0.1, 0.15) is 0 Å². The zero-order valence-corrected chi connectivity index (χ0v) is 10.8. The average Bonchev–Trinajstić information content (AvgIpc) is 2.74. The van der Waals surface area contributed by atoms with Crippen molar-refractivity contribution < 1.29 is 4.52 Å². The highest BCUT2D eigenvalue weighted by atomic mass is 16.5. The van der Waals surface area contributed by atoms with E-state index in [1.165, 1.54) is 0 Å². The van der Waals surface area contributed by atoms with Gasteiger partial charge < -0.3 is 15.2 Å². The Labute approximate surface area is 102 Å². The van der Waals surface area contributed by atoms with Gasteiger partial charge in [0.15, 0.2) is 11.8 Å². The second-order valence-corrected chi connectivity index (χ2v) is 3.76. The number of aryl methyl sites for hydroxylation is 2. The zero-order valence-electron chi connectivity index (χ0n) is 10.8. The maximum Gasteiger partial charge on any atom is 0.226 e. The normalized spacial score (nSPS) is 11.6. The molecule has 0 aliphatic rings. The lowest BCUT2D eigenvalue weighted by Crippen LogP contribution is -2.38. The lowest BCUT2D eigenvalue weighted by atomic mass is 10.3. The van der Waals surface area contributed by atoms with Crippen LogP contribution in [0.15, 0.2) is 9.52 Å². The van der Waals surface area contributed by atoms with Crippen LogP contribution in [0.25, 0.3) is 0 Å². The van der Waals surface area contributed by atoms with Gasteiger partial charge in [-0.1, -0.05) is 12.1 Å². The molecule has 2 N–H and O–H groups in total. The predicted molar refractivity (Wildman–Crippen MR) is 67.0 cm³/mol. The molecule has 0 saturated carbocycles. The maximum atomic E-state index is 5.03. The number of aliphatic imine (C=N–C) groups is 1. The Hall–Kier alpha value is -1.59. The number of rotatable bonds is 6. The van der Waals surface area contributed by atoms with Gasteiger partial charge in [-0.05, 0) is 19.8 Å². The fourth-order valence-corrected chi connectivity index (χ4v) is 1.35. The molecule has 1 rings (SSSR count). The minimum Gasteiger partial charge on any atom is -0.356 e. The number of aromatic nitrogens is 2. The molecule has 0 aliphatic carbocycles. The van der Waals surface area contributed by atoms with E-state index >= 15 is 0 Å². The maximum absolute atomic E-state index is 5.03. The van der Waals surface area contributed by atoms with Crippen LogP contribution >= 0.6 is 0 Å². The molecule has 1 heterocycles. The van der Waals surface area contributed by atoms with Crippen LogP contribution in [0.4, 0.5) is 0 Å². The Balaban J connectivity index is 2.14. The monoisotopic (exact) mass is 239 g/mol. The predicted octanol–water partition coefficient (Wildman–Crippen LogP) is 0.886. The Morgan fingerprint density at radius 2 is 2.12 bits per heavy atom. The second-order valence-electron chi connectivity index (χ2n) is 3.76. The van der Waals surface area contributed by atoms with Gasteiger partial charge in [0.25, 0.3) is 0 Å². The van der Waals surface area contributed by atoms with Crippen molar-refractivity contribution in [3.8, 4) is 0 Å². The van der Waals surface area contributed by atoms with Gasteiger partial charge in [-0.15, -0.1) is 0 Å². The minimum atomic E-state index is 0.688. The van der Waals surface area contributed by atoms with Crippen molar-refractivity contribution in [2.75, 3.05) is 20.1 Å². The zero-order chi connectivity index (χ0) is 12.5. The van der Waals surface area contributed by atoms with Gasteiger partial charge in [-0.3, -0.25) is 4.99 Å². The fourth-order valence-electron chi connectivity index (χ4n) is 1.35. The molecule has 1 aromatic heterocycles. The first-order chi connectivity index (χ1) is 8.26. The molecule has 0 spiro atoms. The molecule has 0 aliphatic heterocycles. The summed E-state index contributed by atoms with van der Waals surface area (Å²) in [4.78, 5) is 8.26. The summed E-state index contributed by atoms with van der Waals surface area (Å²) in [7, 11) is 1.77. The number of nitrogens with one attached hydrogen (secondary N) is 2. The van der Waals surface area contributed by atoms with E-state index < -0.39 is 0 Å². The van der Waals surface area contributed by atoms with Crippen molar-refractivity contribution in [1.29, 1.82) is 0 Å². The van der Waals surface area contributed by atoms with Crippen molar-refractivity contribution in [1.82, 2.24) is 20.8 Å². The van der Waals surface area contributed by atoms with Crippen LogP contribution in [0, 0.1) is 6.92 Å². The molecule has 0 bridgehead atoms. The molecule has 0 saturated heterocycles. The lowest BCUT2D eigenvalue weighted by molar-refractivity contribution is 0.372. The van der Waals surface area contributed by atoms with E-state index in [1.807, 2.05) is 6.92 Å². The summed E-state index contributed by atoms with van der Waals surface area (Å²) in [6.45, 7) is 5.72. The average molecular weight is 239 g/mol. The van der Waals surface area contributed by atoms with E-state index in [0.29, 0.717) is 11.7 Å². The van der Waals surface area contributed by atoms with E-state index in [0.717, 1.165) is 38.3 Å². The first-order valence-electron chi connectivity index (χ1n) is 6.00. The molecular formula is C11H21N5O. The van der Waals surface area contributed by atoms with Crippen LogP contribution in [0.3, 0.4) is 0 Å². The quantitative estimate of drug-likeness (QED) is 0.438. The van der Waals surface area contributed by atoms with Gasteiger partial charge in [0.05, 0.1) is 0 Å². The second kappa shape index (κ2) is 7.65. The summed E-state index contributed by atoms with van der Waals surface area (Å²) in [5, 5.41) is 10.2. The van der Waals surface area contributed by atoms with E-state index in [2.05, 4.69) is 32.7 Å². The third-order valence-electron chi connectivity index (χ3n) is 2.20. The highest BCUT2D eigenvalue weighted by Gasteiger charge is 2.02. The Morgan fingerprint density at radius 3 is 2.71 bits per heavy atom. The Kier molecular flexibility index (Phi) is 6.06. The summed E-state index contributed by atoms with van der Waals surface area (Å²) >= 11 is 0. The first-order valence-corrected chi connectivity index (χ1v) is 6.00. The third-order valence-corrected chi connectivity index (χ3v) is 2.20. The molecule has 0 amide bonds. The number of nitrogens with zero attached hydrogens (tertiary/aromatic N) is 3. The Bertz CT molecular complexity index is 347. The molecule has 0 fully saturated rings. The first kappa shape index (κ1) is 13.5. The largest absolute Gasteiger partial charge is 0.356 e. The summed E-state index contributed by atoms with van der Waals surface area (Å²) < 4.78 is 5.03. The van der Waals surface area contributed by atoms with Crippen LogP contribution in [0.2, 0.25) is 0 Å². The van der Waals surface area contributed by atoms with Crippen LogP contribution in [0.5, 0.6) is 0 Å². The van der Waals surface area contributed by atoms with E-state index in [9.17, 15) is 0 Å². The number of guanidine groups is 1. The SMILES string of the molecule is CCCNC(=NC)NCCCc1nc(C)no1. The van der Waals surface area contributed by atoms with E-state index in [4.69, 9.17) is 4.52 Å². The van der Waals surface area contributed by atoms with Gasteiger partial charge in [-0.2, -0.15) is 4.98 Å². The standard InChI is InChI=1S/C11H21N5O/c1-4-7-13-11(12-3)14-8-5-6-10-15-9(2)16-17-10/h4-8H2,1-3H3,(H2,12,13,14). The minimum absolute atomic E-state index is 0.688. The van der Waals surface area contributed by atoms with Crippen molar-refractivity contribution in [3.05, 3.63) is 11.7 Å². The van der Waals surface area contributed by atoms with E-state index in [1.54, 1.807) is 7.05 Å². The third kappa shape index (κ3) is 5.33. The van der Waals surface area contributed by atoms with Crippen molar-refractivity contribution >= 4 is 5.96 Å². The van der Waals surface area contributed by atoms with Crippen LogP contribution in [-0.2, 0) is 6.42 Å². The molecule has 0 atom stereocenters. The van der Waals surface area contributed by atoms with Crippen molar-refractivity contribution in [3.63, 3.8) is 0 Å². The summed E-state index contributed by atoms with van der Waals surface area (Å²) in [5.74, 6) is 2.22.